The van der Waals surface area contributed by atoms with Crippen molar-refractivity contribution in [1.82, 2.24) is 14.8 Å². The smallest absolute Gasteiger partial charge is 0.209 e. The van der Waals surface area contributed by atoms with E-state index in [1.54, 1.807) is 0 Å². The molecule has 0 bridgehead atoms. The molecule has 6 heteroatoms. The van der Waals surface area contributed by atoms with Crippen LogP contribution in [0, 0.1) is 5.82 Å². The predicted molar refractivity (Wildman–Crippen MR) is 94.8 cm³/mol. The van der Waals surface area contributed by atoms with Crippen molar-refractivity contribution < 1.29 is 9.18 Å². The summed E-state index contributed by atoms with van der Waals surface area (Å²) in [6.07, 6.45) is 2.26. The third kappa shape index (κ3) is 3.64. The van der Waals surface area contributed by atoms with Crippen molar-refractivity contribution in [2.24, 2.45) is 0 Å². The molecule has 0 spiro atoms. The molecular formula is C19H16FN3OS. The predicted octanol–water partition coefficient (Wildman–Crippen LogP) is 4.26. The Kier molecular flexibility index (Phi) is 4.36. The summed E-state index contributed by atoms with van der Waals surface area (Å²) in [4.78, 5) is 16.9. The van der Waals surface area contributed by atoms with Gasteiger partial charge < -0.3 is 0 Å². The van der Waals surface area contributed by atoms with Gasteiger partial charge in [-0.3, -0.25) is 4.79 Å². The molecule has 4 rings (SSSR count). The second-order valence-electron chi connectivity index (χ2n) is 5.99. The fraction of sp³-hybridized carbons (Fsp3) is 0.211. The molecule has 0 radical (unpaired) electrons. The number of hydrogen-bond acceptors (Lipinski definition) is 4. The summed E-state index contributed by atoms with van der Waals surface area (Å²) in [6.45, 7) is 0. The molecule has 0 amide bonds. The van der Waals surface area contributed by atoms with E-state index in [1.807, 2.05) is 35.0 Å². The molecule has 0 atom stereocenters. The summed E-state index contributed by atoms with van der Waals surface area (Å²) < 4.78 is 14.8. The Labute approximate surface area is 149 Å². The molecule has 1 aliphatic rings. The lowest BCUT2D eigenvalue weighted by atomic mass is 10.1. The van der Waals surface area contributed by atoms with Gasteiger partial charge in [-0.25, -0.2) is 14.1 Å². The topological polar surface area (TPSA) is 47.8 Å². The number of thioether (sulfide) groups is 1. The molecule has 126 valence electrons. The molecule has 0 aliphatic heterocycles. The highest BCUT2D eigenvalue weighted by molar-refractivity contribution is 7.99. The Morgan fingerprint density at radius 2 is 1.84 bits per heavy atom. The Balaban J connectivity index is 1.51. The van der Waals surface area contributed by atoms with E-state index in [0.717, 1.165) is 24.4 Å². The second kappa shape index (κ2) is 6.80. The summed E-state index contributed by atoms with van der Waals surface area (Å²) in [5.74, 6) is 1.24. The van der Waals surface area contributed by atoms with Crippen molar-refractivity contribution in [3.63, 3.8) is 0 Å². The third-order valence-corrected chi connectivity index (χ3v) is 4.89. The van der Waals surface area contributed by atoms with Gasteiger partial charge in [0.05, 0.1) is 11.4 Å². The Bertz CT molecular complexity index is 889. The van der Waals surface area contributed by atoms with Gasteiger partial charge in [-0.05, 0) is 49.2 Å². The van der Waals surface area contributed by atoms with Crippen LogP contribution < -0.4 is 0 Å². The first kappa shape index (κ1) is 16.0. The number of hydrogen-bond donors (Lipinski definition) is 0. The number of carbonyl (C=O) groups is 1. The summed E-state index contributed by atoms with van der Waals surface area (Å²) >= 11 is 1.32. The number of para-hydroxylation sites is 1. The average Bonchev–Trinajstić information content (AvgIpc) is 3.40. The van der Waals surface area contributed by atoms with Crippen LogP contribution >= 0.6 is 11.8 Å². The quantitative estimate of drug-likeness (QED) is 0.491. The average molecular weight is 353 g/mol. The van der Waals surface area contributed by atoms with Crippen LogP contribution in [-0.2, 0) is 0 Å². The van der Waals surface area contributed by atoms with Crippen LogP contribution in [0.3, 0.4) is 0 Å². The van der Waals surface area contributed by atoms with Gasteiger partial charge in [0.1, 0.15) is 11.6 Å². The summed E-state index contributed by atoms with van der Waals surface area (Å²) in [6, 6.07) is 15.5. The minimum atomic E-state index is -0.346. The SMILES string of the molecule is O=C(CSc1nc(C2CC2)n(-c2ccccc2)n1)c1ccc(F)cc1. The highest BCUT2D eigenvalue weighted by Gasteiger charge is 2.30. The zero-order valence-electron chi connectivity index (χ0n) is 13.4. The molecule has 1 fully saturated rings. The molecule has 1 saturated carbocycles. The molecule has 0 saturated heterocycles. The maximum atomic E-state index is 13.0. The van der Waals surface area contributed by atoms with Gasteiger partial charge in [0.25, 0.3) is 0 Å². The van der Waals surface area contributed by atoms with Gasteiger partial charge in [-0.15, -0.1) is 5.10 Å². The zero-order chi connectivity index (χ0) is 17.2. The van der Waals surface area contributed by atoms with E-state index in [9.17, 15) is 9.18 Å². The van der Waals surface area contributed by atoms with Crippen molar-refractivity contribution in [3.05, 3.63) is 71.8 Å². The van der Waals surface area contributed by atoms with Crippen LogP contribution in [0.4, 0.5) is 4.39 Å². The van der Waals surface area contributed by atoms with Crippen LogP contribution in [0.25, 0.3) is 5.69 Å². The van der Waals surface area contributed by atoms with Crippen molar-refractivity contribution >= 4 is 17.5 Å². The number of carbonyl (C=O) groups excluding carboxylic acids is 1. The van der Waals surface area contributed by atoms with Crippen LogP contribution in [-0.4, -0.2) is 26.3 Å². The van der Waals surface area contributed by atoms with Gasteiger partial charge in [-0.2, -0.15) is 0 Å². The number of ketones is 1. The molecule has 0 N–H and O–H groups in total. The number of Topliss-reactive ketones (excluding diaryl/α,β-unsaturated/α-hetero) is 1. The maximum Gasteiger partial charge on any atom is 0.209 e. The van der Waals surface area contributed by atoms with E-state index < -0.39 is 0 Å². The Hall–Kier alpha value is -2.47. The van der Waals surface area contributed by atoms with Crippen LogP contribution in [0.5, 0.6) is 0 Å². The van der Waals surface area contributed by atoms with E-state index in [2.05, 4.69) is 10.1 Å². The molecule has 1 aromatic heterocycles. The molecule has 4 nitrogen and oxygen atoms in total. The first-order valence-electron chi connectivity index (χ1n) is 8.14. The first-order valence-corrected chi connectivity index (χ1v) is 9.13. The van der Waals surface area contributed by atoms with E-state index in [1.165, 1.54) is 36.0 Å². The number of benzene rings is 2. The highest BCUT2D eigenvalue weighted by atomic mass is 32.2. The molecule has 0 unspecified atom stereocenters. The molecule has 1 aliphatic carbocycles. The summed E-state index contributed by atoms with van der Waals surface area (Å²) in [7, 11) is 0. The fourth-order valence-corrected chi connectivity index (χ4v) is 3.30. The number of nitrogens with zero attached hydrogens (tertiary/aromatic N) is 3. The van der Waals surface area contributed by atoms with Crippen molar-refractivity contribution in [3.8, 4) is 5.69 Å². The van der Waals surface area contributed by atoms with Gasteiger partial charge >= 0.3 is 0 Å². The van der Waals surface area contributed by atoms with Gasteiger partial charge in [-0.1, -0.05) is 30.0 Å². The second-order valence-corrected chi connectivity index (χ2v) is 6.94. The molecule has 3 aromatic rings. The van der Waals surface area contributed by atoms with Gasteiger partial charge in [0, 0.05) is 11.5 Å². The number of aromatic nitrogens is 3. The number of halogens is 1. The van der Waals surface area contributed by atoms with Crippen molar-refractivity contribution in [1.29, 1.82) is 0 Å². The number of rotatable bonds is 6. The maximum absolute atomic E-state index is 13.0. The van der Waals surface area contributed by atoms with E-state index in [-0.39, 0.29) is 17.4 Å². The van der Waals surface area contributed by atoms with E-state index in [4.69, 9.17) is 0 Å². The van der Waals surface area contributed by atoms with Crippen LogP contribution in [0.15, 0.2) is 59.8 Å². The van der Waals surface area contributed by atoms with Crippen molar-refractivity contribution in [2.75, 3.05) is 5.75 Å². The summed E-state index contributed by atoms with van der Waals surface area (Å²) in [5, 5.41) is 5.18. The summed E-state index contributed by atoms with van der Waals surface area (Å²) in [5.41, 5.74) is 1.48. The zero-order valence-corrected chi connectivity index (χ0v) is 14.2. The molecule has 2 aromatic carbocycles. The third-order valence-electron chi connectivity index (χ3n) is 4.05. The normalized spacial score (nSPS) is 13.8. The Morgan fingerprint density at radius 3 is 2.52 bits per heavy atom. The Morgan fingerprint density at radius 1 is 1.12 bits per heavy atom. The van der Waals surface area contributed by atoms with Gasteiger partial charge in [0.2, 0.25) is 5.16 Å². The molecule has 25 heavy (non-hydrogen) atoms. The lowest BCUT2D eigenvalue weighted by Crippen LogP contribution is -2.03. The lowest BCUT2D eigenvalue weighted by Gasteiger charge is -2.03. The van der Waals surface area contributed by atoms with E-state index in [0.29, 0.717) is 16.6 Å². The van der Waals surface area contributed by atoms with Crippen LogP contribution in [0.2, 0.25) is 0 Å². The molecular weight excluding hydrogens is 337 g/mol. The first-order chi connectivity index (χ1) is 12.2. The fourth-order valence-electron chi connectivity index (χ4n) is 2.58. The lowest BCUT2D eigenvalue weighted by molar-refractivity contribution is 0.102. The monoisotopic (exact) mass is 353 g/mol. The standard InChI is InChI=1S/C19H16FN3OS/c20-15-10-8-13(9-11-15)17(24)12-25-19-21-18(14-6-7-14)23(22-19)16-4-2-1-3-5-16/h1-5,8-11,14H,6-7,12H2. The largest absolute Gasteiger partial charge is 0.293 e. The minimum Gasteiger partial charge on any atom is -0.293 e. The molecule has 1 heterocycles. The van der Waals surface area contributed by atoms with Gasteiger partial charge in [0.15, 0.2) is 5.78 Å². The van der Waals surface area contributed by atoms with Crippen LogP contribution in [0.1, 0.15) is 34.9 Å². The highest BCUT2D eigenvalue weighted by Crippen LogP contribution is 2.40. The van der Waals surface area contributed by atoms with E-state index >= 15 is 0 Å². The minimum absolute atomic E-state index is 0.0611. The van der Waals surface area contributed by atoms with Crippen molar-refractivity contribution in [2.45, 2.75) is 23.9 Å².